The predicted molar refractivity (Wildman–Crippen MR) is 152 cm³/mol. The van der Waals surface area contributed by atoms with Gasteiger partial charge in [0.15, 0.2) is 0 Å². The fourth-order valence-corrected chi connectivity index (χ4v) is 4.90. The van der Waals surface area contributed by atoms with Crippen LogP contribution in [0.25, 0.3) is 0 Å². The van der Waals surface area contributed by atoms with Crippen LogP contribution in [-0.2, 0) is 10.2 Å². The molecule has 37 heavy (non-hydrogen) atoms. The molecule has 5 nitrogen and oxygen atoms in total. The Morgan fingerprint density at radius 2 is 1.32 bits per heavy atom. The third kappa shape index (κ3) is 9.07. The van der Waals surface area contributed by atoms with Gasteiger partial charge in [-0.05, 0) is 85.8 Å². The fraction of sp³-hybridized carbons (Fsp3) is 0.594. The van der Waals surface area contributed by atoms with Gasteiger partial charge in [-0.25, -0.2) is 5.48 Å². The molecule has 0 saturated heterocycles. The van der Waals surface area contributed by atoms with Crippen LogP contribution < -0.4 is 15.0 Å². The molecule has 0 aliphatic rings. The van der Waals surface area contributed by atoms with E-state index in [9.17, 15) is 4.79 Å². The van der Waals surface area contributed by atoms with Gasteiger partial charge >= 0.3 is 0 Å². The molecule has 0 saturated carbocycles. The van der Waals surface area contributed by atoms with Crippen LogP contribution >= 0.6 is 0 Å². The number of aryl methyl sites for hydroxylation is 2. The smallest absolute Gasteiger partial charge is 0.243 e. The fourth-order valence-electron chi connectivity index (χ4n) is 4.90. The molecule has 0 atom stereocenters. The average Bonchev–Trinajstić information content (AvgIpc) is 2.86. The topological polar surface area (TPSA) is 67.8 Å². The summed E-state index contributed by atoms with van der Waals surface area (Å²) in [5, 5.41) is 8.54. The summed E-state index contributed by atoms with van der Waals surface area (Å²) >= 11 is 0. The van der Waals surface area contributed by atoms with Crippen molar-refractivity contribution in [3.8, 4) is 11.5 Å². The van der Waals surface area contributed by atoms with Crippen LogP contribution in [0.15, 0.2) is 36.4 Å². The molecule has 2 aromatic rings. The van der Waals surface area contributed by atoms with Gasteiger partial charge in [-0.3, -0.25) is 10.0 Å². The highest BCUT2D eigenvalue weighted by molar-refractivity contribution is 5.74. The molecule has 0 heterocycles. The lowest BCUT2D eigenvalue weighted by Crippen LogP contribution is -2.26. The average molecular weight is 512 g/mol. The van der Waals surface area contributed by atoms with Crippen molar-refractivity contribution >= 4 is 5.91 Å². The van der Waals surface area contributed by atoms with E-state index in [0.29, 0.717) is 13.0 Å². The Labute approximate surface area is 224 Å². The van der Waals surface area contributed by atoms with Crippen LogP contribution in [0.1, 0.15) is 108 Å². The van der Waals surface area contributed by atoms with Gasteiger partial charge in [0.05, 0.1) is 13.2 Å². The standard InChI is InChI=1S/C32H49NO4/c1-8-32(9-2,27-16-18-29(25(4)23-27)37-21-19-31(5,6)7)26-15-17-28(24(3)22-26)36-20-13-11-10-12-14-30(34)33-35/h15-18,22-23,35H,8-14,19-21H2,1-7H3,(H,33,34). The Hall–Kier alpha value is -2.53. The SMILES string of the molecule is CCC(CC)(c1ccc(OCCCCCCC(=O)NO)c(C)c1)c1ccc(OCCC(C)(C)C)c(C)c1. The van der Waals surface area contributed by atoms with Crippen LogP contribution in [0.4, 0.5) is 0 Å². The van der Waals surface area contributed by atoms with Crippen molar-refractivity contribution in [3.63, 3.8) is 0 Å². The zero-order chi connectivity index (χ0) is 27.5. The van der Waals surface area contributed by atoms with E-state index in [1.165, 1.54) is 16.7 Å². The van der Waals surface area contributed by atoms with Crippen molar-refractivity contribution < 1.29 is 19.5 Å². The minimum atomic E-state index is -0.322. The minimum absolute atomic E-state index is 0.0567. The molecular formula is C32H49NO4. The van der Waals surface area contributed by atoms with Crippen molar-refractivity contribution in [2.45, 2.75) is 105 Å². The number of rotatable bonds is 15. The highest BCUT2D eigenvalue weighted by Gasteiger charge is 2.31. The van der Waals surface area contributed by atoms with Gasteiger partial charge < -0.3 is 9.47 Å². The molecule has 5 heteroatoms. The number of benzene rings is 2. The Morgan fingerprint density at radius 3 is 1.78 bits per heavy atom. The zero-order valence-corrected chi connectivity index (χ0v) is 24.2. The monoisotopic (exact) mass is 511 g/mol. The van der Waals surface area contributed by atoms with E-state index in [4.69, 9.17) is 14.7 Å². The van der Waals surface area contributed by atoms with Gasteiger partial charge in [-0.1, -0.05) is 71.7 Å². The maximum absolute atomic E-state index is 11.1. The third-order valence-corrected chi connectivity index (χ3v) is 7.45. The molecule has 0 bridgehead atoms. The predicted octanol–water partition coefficient (Wildman–Crippen LogP) is 8.06. The molecule has 0 fully saturated rings. The molecule has 0 aliphatic carbocycles. The van der Waals surface area contributed by atoms with Crippen LogP contribution in [0.3, 0.4) is 0 Å². The molecule has 0 aliphatic heterocycles. The number of carbonyl (C=O) groups excluding carboxylic acids is 1. The lowest BCUT2D eigenvalue weighted by Gasteiger charge is -2.34. The first-order chi connectivity index (χ1) is 17.6. The van der Waals surface area contributed by atoms with Crippen LogP contribution in [0.2, 0.25) is 0 Å². The highest BCUT2D eigenvalue weighted by atomic mass is 16.5. The summed E-state index contributed by atoms with van der Waals surface area (Å²) in [7, 11) is 0. The van der Waals surface area contributed by atoms with E-state index in [1.54, 1.807) is 5.48 Å². The molecule has 0 aromatic heterocycles. The van der Waals surface area contributed by atoms with Crippen molar-refractivity contribution in [1.82, 2.24) is 5.48 Å². The summed E-state index contributed by atoms with van der Waals surface area (Å²) < 4.78 is 12.2. The zero-order valence-electron chi connectivity index (χ0n) is 24.2. The summed E-state index contributed by atoms with van der Waals surface area (Å²) in [6.45, 7) is 16.9. The Bertz CT molecular complexity index is 989. The normalized spacial score (nSPS) is 11.9. The van der Waals surface area contributed by atoms with Crippen LogP contribution in [0.5, 0.6) is 11.5 Å². The summed E-state index contributed by atoms with van der Waals surface area (Å²) in [5.41, 5.74) is 6.88. The van der Waals surface area contributed by atoms with E-state index < -0.39 is 0 Å². The summed E-state index contributed by atoms with van der Waals surface area (Å²) in [6, 6.07) is 13.3. The second-order valence-electron chi connectivity index (χ2n) is 11.5. The first-order valence-electron chi connectivity index (χ1n) is 14.0. The third-order valence-electron chi connectivity index (χ3n) is 7.45. The highest BCUT2D eigenvalue weighted by Crippen LogP contribution is 2.41. The Kier molecular flexibility index (Phi) is 12.0. The molecule has 0 unspecified atom stereocenters. The van der Waals surface area contributed by atoms with Crippen LogP contribution in [-0.4, -0.2) is 24.3 Å². The molecule has 2 N–H and O–H groups in total. The molecule has 2 aromatic carbocycles. The lowest BCUT2D eigenvalue weighted by atomic mass is 9.70. The molecule has 206 valence electrons. The first-order valence-corrected chi connectivity index (χ1v) is 14.0. The van der Waals surface area contributed by atoms with Gasteiger partial charge in [0.1, 0.15) is 11.5 Å². The minimum Gasteiger partial charge on any atom is -0.493 e. The Balaban J connectivity index is 2.06. The van der Waals surface area contributed by atoms with E-state index in [2.05, 4.69) is 84.9 Å². The van der Waals surface area contributed by atoms with Gasteiger partial charge in [0.2, 0.25) is 5.91 Å². The summed E-state index contributed by atoms with van der Waals surface area (Å²) in [6.07, 6.45) is 7.09. The number of carbonyl (C=O) groups is 1. The maximum atomic E-state index is 11.1. The van der Waals surface area contributed by atoms with Gasteiger partial charge in [0, 0.05) is 11.8 Å². The van der Waals surface area contributed by atoms with E-state index in [0.717, 1.165) is 68.6 Å². The lowest BCUT2D eigenvalue weighted by molar-refractivity contribution is -0.129. The molecule has 0 spiro atoms. The molecule has 0 radical (unpaired) electrons. The van der Waals surface area contributed by atoms with E-state index in [1.807, 2.05) is 0 Å². The Morgan fingerprint density at radius 1 is 0.811 bits per heavy atom. The molecular weight excluding hydrogens is 462 g/mol. The van der Waals surface area contributed by atoms with Crippen molar-refractivity contribution in [2.24, 2.45) is 5.41 Å². The van der Waals surface area contributed by atoms with Crippen LogP contribution in [0, 0.1) is 19.3 Å². The second kappa shape index (κ2) is 14.4. The van der Waals surface area contributed by atoms with E-state index >= 15 is 0 Å². The quantitative estimate of drug-likeness (QED) is 0.144. The summed E-state index contributed by atoms with van der Waals surface area (Å²) in [4.78, 5) is 11.1. The van der Waals surface area contributed by atoms with Crippen molar-refractivity contribution in [3.05, 3.63) is 58.7 Å². The van der Waals surface area contributed by atoms with Gasteiger partial charge in [0.25, 0.3) is 0 Å². The van der Waals surface area contributed by atoms with Gasteiger partial charge in [-0.15, -0.1) is 0 Å². The second-order valence-corrected chi connectivity index (χ2v) is 11.5. The first kappa shape index (κ1) is 30.7. The molecule has 1 amide bonds. The maximum Gasteiger partial charge on any atom is 0.243 e. The number of ether oxygens (including phenoxy) is 2. The van der Waals surface area contributed by atoms with Gasteiger partial charge in [-0.2, -0.15) is 0 Å². The number of nitrogens with one attached hydrogen (secondary N) is 1. The molecule has 2 rings (SSSR count). The number of hydroxylamine groups is 1. The van der Waals surface area contributed by atoms with Crippen molar-refractivity contribution in [2.75, 3.05) is 13.2 Å². The number of amides is 1. The largest absolute Gasteiger partial charge is 0.493 e. The van der Waals surface area contributed by atoms with E-state index in [-0.39, 0.29) is 16.7 Å². The number of hydrogen-bond acceptors (Lipinski definition) is 4. The summed E-state index contributed by atoms with van der Waals surface area (Å²) in [5.74, 6) is 1.59. The number of hydrogen-bond donors (Lipinski definition) is 2. The van der Waals surface area contributed by atoms with Crippen molar-refractivity contribution in [1.29, 1.82) is 0 Å². The number of unbranched alkanes of at least 4 members (excludes halogenated alkanes) is 3.